The standard InChI is InChI=1S/C18H22/c1-13-9-10-17(11-15(13)3)12-16(4)18-8-6-5-7-14(18)2/h5-11,16H,12H2,1-4H3. The predicted molar refractivity (Wildman–Crippen MR) is 79.2 cm³/mol. The summed E-state index contributed by atoms with van der Waals surface area (Å²) < 4.78 is 0. The Labute approximate surface area is 111 Å². The van der Waals surface area contributed by atoms with Gasteiger partial charge in [-0.1, -0.05) is 49.4 Å². The largest absolute Gasteiger partial charge is 0.0620 e. The van der Waals surface area contributed by atoms with Crippen LogP contribution in [0.15, 0.2) is 42.5 Å². The van der Waals surface area contributed by atoms with Crippen LogP contribution in [0.4, 0.5) is 0 Å². The highest BCUT2D eigenvalue weighted by Gasteiger charge is 2.09. The molecule has 2 aromatic carbocycles. The lowest BCUT2D eigenvalue weighted by Crippen LogP contribution is -2.01. The van der Waals surface area contributed by atoms with Gasteiger partial charge >= 0.3 is 0 Å². The average Bonchev–Trinajstić information content (AvgIpc) is 2.34. The summed E-state index contributed by atoms with van der Waals surface area (Å²) >= 11 is 0. The SMILES string of the molecule is Cc1ccc(CC(C)c2ccccc2C)cc1C. The molecule has 1 atom stereocenters. The predicted octanol–water partition coefficient (Wildman–Crippen LogP) is 4.96. The highest BCUT2D eigenvalue weighted by atomic mass is 14.1. The zero-order valence-electron chi connectivity index (χ0n) is 11.8. The van der Waals surface area contributed by atoms with Crippen LogP contribution in [0.25, 0.3) is 0 Å². The fourth-order valence-corrected chi connectivity index (χ4v) is 2.53. The molecule has 0 fully saturated rings. The maximum absolute atomic E-state index is 2.32. The molecule has 0 saturated carbocycles. The van der Waals surface area contributed by atoms with Crippen molar-refractivity contribution in [2.75, 3.05) is 0 Å². The molecule has 0 heteroatoms. The Bertz CT molecular complexity index is 537. The molecule has 0 heterocycles. The highest BCUT2D eigenvalue weighted by Crippen LogP contribution is 2.24. The van der Waals surface area contributed by atoms with Gasteiger partial charge in [0, 0.05) is 0 Å². The first-order valence-corrected chi connectivity index (χ1v) is 6.69. The second-order valence-electron chi connectivity index (χ2n) is 5.38. The summed E-state index contributed by atoms with van der Waals surface area (Å²) in [6, 6.07) is 15.5. The minimum absolute atomic E-state index is 0.577. The second kappa shape index (κ2) is 5.39. The second-order valence-corrected chi connectivity index (χ2v) is 5.38. The van der Waals surface area contributed by atoms with Crippen LogP contribution in [0.5, 0.6) is 0 Å². The van der Waals surface area contributed by atoms with E-state index in [9.17, 15) is 0 Å². The molecule has 2 aromatic rings. The first-order valence-electron chi connectivity index (χ1n) is 6.69. The normalized spacial score (nSPS) is 12.4. The van der Waals surface area contributed by atoms with Crippen molar-refractivity contribution in [2.45, 2.75) is 40.0 Å². The van der Waals surface area contributed by atoms with E-state index in [0.29, 0.717) is 5.92 Å². The lowest BCUT2D eigenvalue weighted by Gasteiger charge is -2.15. The Hall–Kier alpha value is -1.56. The fourth-order valence-electron chi connectivity index (χ4n) is 2.53. The zero-order valence-corrected chi connectivity index (χ0v) is 11.8. The van der Waals surface area contributed by atoms with Crippen molar-refractivity contribution in [2.24, 2.45) is 0 Å². The van der Waals surface area contributed by atoms with Crippen LogP contribution < -0.4 is 0 Å². The van der Waals surface area contributed by atoms with Crippen LogP contribution in [0, 0.1) is 20.8 Å². The Morgan fingerprint density at radius 3 is 2.22 bits per heavy atom. The number of rotatable bonds is 3. The first-order chi connectivity index (χ1) is 8.58. The molecule has 0 saturated heterocycles. The maximum atomic E-state index is 2.32. The minimum Gasteiger partial charge on any atom is -0.0620 e. The Morgan fingerprint density at radius 2 is 1.56 bits per heavy atom. The zero-order chi connectivity index (χ0) is 13.1. The maximum Gasteiger partial charge on any atom is -0.0147 e. The van der Waals surface area contributed by atoms with Crippen molar-refractivity contribution < 1.29 is 0 Å². The first kappa shape index (κ1) is 12.9. The summed E-state index contributed by atoms with van der Waals surface area (Å²) in [5.74, 6) is 0.577. The number of aryl methyl sites for hydroxylation is 3. The fraction of sp³-hybridized carbons (Fsp3) is 0.333. The highest BCUT2D eigenvalue weighted by molar-refractivity contribution is 5.33. The van der Waals surface area contributed by atoms with Gasteiger partial charge in [-0.3, -0.25) is 0 Å². The van der Waals surface area contributed by atoms with Gasteiger partial charge < -0.3 is 0 Å². The molecule has 0 aliphatic carbocycles. The van der Waals surface area contributed by atoms with Crippen LogP contribution in [-0.4, -0.2) is 0 Å². The van der Waals surface area contributed by atoms with Gasteiger partial charge in [0.2, 0.25) is 0 Å². The van der Waals surface area contributed by atoms with E-state index in [2.05, 4.69) is 70.2 Å². The summed E-state index contributed by atoms with van der Waals surface area (Å²) in [4.78, 5) is 0. The lowest BCUT2D eigenvalue weighted by molar-refractivity contribution is 0.752. The molecule has 0 aliphatic rings. The van der Waals surface area contributed by atoms with Gasteiger partial charge in [0.15, 0.2) is 0 Å². The van der Waals surface area contributed by atoms with E-state index < -0.39 is 0 Å². The third-order valence-electron chi connectivity index (χ3n) is 3.83. The molecule has 94 valence electrons. The third-order valence-corrected chi connectivity index (χ3v) is 3.83. The van der Waals surface area contributed by atoms with Gasteiger partial charge in [-0.05, 0) is 60.9 Å². The molecule has 0 spiro atoms. The van der Waals surface area contributed by atoms with Gasteiger partial charge in [0.1, 0.15) is 0 Å². The van der Waals surface area contributed by atoms with E-state index in [4.69, 9.17) is 0 Å². The van der Waals surface area contributed by atoms with Gasteiger partial charge in [0.05, 0.1) is 0 Å². The quantitative estimate of drug-likeness (QED) is 0.709. The third kappa shape index (κ3) is 2.81. The van der Waals surface area contributed by atoms with Crippen molar-refractivity contribution in [3.05, 3.63) is 70.3 Å². The van der Waals surface area contributed by atoms with Crippen LogP contribution in [0.1, 0.15) is 40.7 Å². The van der Waals surface area contributed by atoms with E-state index in [-0.39, 0.29) is 0 Å². The summed E-state index contributed by atoms with van der Waals surface area (Å²) in [6.45, 7) is 8.88. The monoisotopic (exact) mass is 238 g/mol. The molecular weight excluding hydrogens is 216 g/mol. The van der Waals surface area contributed by atoms with Crippen LogP contribution in [0.2, 0.25) is 0 Å². The molecule has 0 aromatic heterocycles. The molecule has 0 nitrogen and oxygen atoms in total. The van der Waals surface area contributed by atoms with Crippen molar-refractivity contribution in [3.8, 4) is 0 Å². The van der Waals surface area contributed by atoms with Gasteiger partial charge in [-0.15, -0.1) is 0 Å². The summed E-state index contributed by atoms with van der Waals surface area (Å²) in [6.07, 6.45) is 1.12. The molecule has 0 N–H and O–H groups in total. The van der Waals surface area contributed by atoms with Crippen LogP contribution in [-0.2, 0) is 6.42 Å². The van der Waals surface area contributed by atoms with Crippen molar-refractivity contribution in [1.82, 2.24) is 0 Å². The van der Waals surface area contributed by atoms with E-state index in [1.807, 2.05) is 0 Å². The molecule has 2 rings (SSSR count). The molecule has 0 radical (unpaired) electrons. The minimum atomic E-state index is 0.577. The van der Waals surface area contributed by atoms with Crippen LogP contribution >= 0.6 is 0 Å². The topological polar surface area (TPSA) is 0 Å². The molecule has 0 amide bonds. The Balaban J connectivity index is 2.19. The smallest absolute Gasteiger partial charge is 0.0147 e. The summed E-state index contributed by atoms with van der Waals surface area (Å²) in [5, 5.41) is 0. The van der Waals surface area contributed by atoms with E-state index in [0.717, 1.165) is 6.42 Å². The molecule has 0 bridgehead atoms. The number of hydrogen-bond acceptors (Lipinski definition) is 0. The molecule has 18 heavy (non-hydrogen) atoms. The van der Waals surface area contributed by atoms with Crippen molar-refractivity contribution in [3.63, 3.8) is 0 Å². The van der Waals surface area contributed by atoms with Gasteiger partial charge in [0.25, 0.3) is 0 Å². The van der Waals surface area contributed by atoms with Gasteiger partial charge in [-0.25, -0.2) is 0 Å². The van der Waals surface area contributed by atoms with E-state index >= 15 is 0 Å². The summed E-state index contributed by atoms with van der Waals surface area (Å²) in [5.41, 5.74) is 7.07. The average molecular weight is 238 g/mol. The molecule has 0 aliphatic heterocycles. The number of hydrogen-bond donors (Lipinski definition) is 0. The van der Waals surface area contributed by atoms with E-state index in [1.54, 1.807) is 0 Å². The lowest BCUT2D eigenvalue weighted by atomic mass is 9.90. The Kier molecular flexibility index (Phi) is 3.86. The van der Waals surface area contributed by atoms with Crippen molar-refractivity contribution in [1.29, 1.82) is 0 Å². The molecule has 1 unspecified atom stereocenters. The van der Waals surface area contributed by atoms with Crippen LogP contribution in [0.3, 0.4) is 0 Å². The summed E-state index contributed by atoms with van der Waals surface area (Å²) in [7, 11) is 0. The molecular formula is C18H22. The van der Waals surface area contributed by atoms with Gasteiger partial charge in [-0.2, -0.15) is 0 Å². The van der Waals surface area contributed by atoms with Crippen molar-refractivity contribution >= 4 is 0 Å². The Morgan fingerprint density at radius 1 is 0.833 bits per heavy atom. The van der Waals surface area contributed by atoms with E-state index in [1.165, 1.54) is 27.8 Å². The number of benzene rings is 2.